The van der Waals surface area contributed by atoms with Crippen LogP contribution in [0.1, 0.15) is 41.7 Å². The molecule has 0 aliphatic rings. The Kier molecular flexibility index (Phi) is 9.98. The van der Waals surface area contributed by atoms with Crippen LogP contribution in [0.4, 0.5) is 0 Å². The molecule has 0 heterocycles. The largest absolute Gasteiger partial charge is 0.352 e. The third-order valence-corrected chi connectivity index (χ3v) is 6.74. The summed E-state index contributed by atoms with van der Waals surface area (Å²) in [7, 11) is 0. The van der Waals surface area contributed by atoms with Crippen molar-refractivity contribution in [2.45, 2.75) is 58.5 Å². The quantitative estimate of drug-likeness (QED) is 0.377. The van der Waals surface area contributed by atoms with E-state index in [-0.39, 0.29) is 17.9 Å². The molecular formula is C30H36N2O2S. The van der Waals surface area contributed by atoms with E-state index in [2.05, 4.69) is 42.6 Å². The highest BCUT2D eigenvalue weighted by molar-refractivity contribution is 7.99. The van der Waals surface area contributed by atoms with Gasteiger partial charge >= 0.3 is 0 Å². The first-order chi connectivity index (χ1) is 16.8. The van der Waals surface area contributed by atoms with E-state index >= 15 is 0 Å². The molecule has 1 atom stereocenters. The van der Waals surface area contributed by atoms with Gasteiger partial charge in [-0.15, -0.1) is 11.8 Å². The van der Waals surface area contributed by atoms with Crippen LogP contribution in [0.15, 0.2) is 78.9 Å². The highest BCUT2D eigenvalue weighted by atomic mass is 32.2. The van der Waals surface area contributed by atoms with E-state index in [1.54, 1.807) is 16.7 Å². The van der Waals surface area contributed by atoms with Crippen molar-refractivity contribution in [2.24, 2.45) is 0 Å². The molecule has 5 heteroatoms. The summed E-state index contributed by atoms with van der Waals surface area (Å²) in [6.45, 7) is 8.40. The molecule has 0 fully saturated rings. The Balaban J connectivity index is 1.84. The molecule has 0 aliphatic carbocycles. The maximum atomic E-state index is 13.6. The minimum Gasteiger partial charge on any atom is -0.352 e. The smallest absolute Gasteiger partial charge is 0.243 e. The van der Waals surface area contributed by atoms with E-state index in [0.29, 0.717) is 18.7 Å². The molecule has 0 bridgehead atoms. The predicted molar refractivity (Wildman–Crippen MR) is 146 cm³/mol. The molecule has 184 valence electrons. The van der Waals surface area contributed by atoms with E-state index < -0.39 is 6.04 Å². The molecule has 0 aliphatic heterocycles. The van der Waals surface area contributed by atoms with Crippen molar-refractivity contribution >= 4 is 23.6 Å². The first-order valence-corrected chi connectivity index (χ1v) is 13.3. The van der Waals surface area contributed by atoms with E-state index in [1.807, 2.05) is 69.3 Å². The van der Waals surface area contributed by atoms with Gasteiger partial charge in [0.15, 0.2) is 0 Å². The fourth-order valence-corrected chi connectivity index (χ4v) is 4.84. The summed E-state index contributed by atoms with van der Waals surface area (Å²) in [5.74, 6) is 0.933. The zero-order chi connectivity index (χ0) is 25.2. The second kappa shape index (κ2) is 13.1. The van der Waals surface area contributed by atoms with E-state index in [0.717, 1.165) is 22.4 Å². The Labute approximate surface area is 214 Å². The normalized spacial score (nSPS) is 11.8. The lowest BCUT2D eigenvalue weighted by atomic mass is 10.0. The molecule has 0 unspecified atom stereocenters. The monoisotopic (exact) mass is 488 g/mol. The molecule has 35 heavy (non-hydrogen) atoms. The molecule has 0 aromatic heterocycles. The van der Waals surface area contributed by atoms with Crippen molar-refractivity contribution in [3.63, 3.8) is 0 Å². The Morgan fingerprint density at radius 2 is 1.51 bits per heavy atom. The van der Waals surface area contributed by atoms with Crippen molar-refractivity contribution in [3.8, 4) is 0 Å². The maximum Gasteiger partial charge on any atom is 0.243 e. The van der Waals surface area contributed by atoms with Crippen LogP contribution in [0, 0.1) is 13.8 Å². The molecule has 0 spiro atoms. The number of amides is 2. The average Bonchev–Trinajstić information content (AvgIpc) is 2.82. The summed E-state index contributed by atoms with van der Waals surface area (Å²) in [4.78, 5) is 28.8. The minimum absolute atomic E-state index is 0.00684. The molecule has 2 amide bonds. The van der Waals surface area contributed by atoms with E-state index in [9.17, 15) is 9.59 Å². The molecule has 3 aromatic carbocycles. The Morgan fingerprint density at radius 1 is 0.829 bits per heavy atom. The van der Waals surface area contributed by atoms with Gasteiger partial charge in [-0.2, -0.15) is 0 Å². The lowest BCUT2D eigenvalue weighted by molar-refractivity contribution is -0.139. The number of aryl methyl sites for hydroxylation is 2. The summed E-state index contributed by atoms with van der Waals surface area (Å²) >= 11 is 1.59. The molecule has 4 nitrogen and oxygen atoms in total. The lowest BCUT2D eigenvalue weighted by Crippen LogP contribution is -2.52. The highest BCUT2D eigenvalue weighted by Crippen LogP contribution is 2.19. The summed E-state index contributed by atoms with van der Waals surface area (Å²) in [5.41, 5.74) is 5.61. The van der Waals surface area contributed by atoms with E-state index in [1.165, 1.54) is 11.1 Å². The number of hydrogen-bond acceptors (Lipinski definition) is 3. The van der Waals surface area contributed by atoms with Crippen molar-refractivity contribution in [3.05, 3.63) is 107 Å². The maximum absolute atomic E-state index is 13.6. The number of carbonyl (C=O) groups is 2. The number of hydrogen-bond donors (Lipinski definition) is 1. The van der Waals surface area contributed by atoms with Crippen LogP contribution in [0.3, 0.4) is 0 Å². The van der Waals surface area contributed by atoms with Gasteiger partial charge in [-0.05, 0) is 44.4 Å². The minimum atomic E-state index is -0.590. The zero-order valence-electron chi connectivity index (χ0n) is 21.2. The Morgan fingerprint density at radius 3 is 2.17 bits per heavy atom. The van der Waals surface area contributed by atoms with Crippen LogP contribution in [-0.4, -0.2) is 34.6 Å². The van der Waals surface area contributed by atoms with Crippen molar-refractivity contribution in [1.82, 2.24) is 10.2 Å². The number of thioether (sulfide) groups is 1. The van der Waals surface area contributed by atoms with Crippen molar-refractivity contribution in [1.29, 1.82) is 0 Å². The Hall–Kier alpha value is -3.05. The summed E-state index contributed by atoms with van der Waals surface area (Å²) < 4.78 is 0. The van der Waals surface area contributed by atoms with Crippen molar-refractivity contribution < 1.29 is 9.59 Å². The van der Waals surface area contributed by atoms with Gasteiger partial charge in [-0.25, -0.2) is 0 Å². The van der Waals surface area contributed by atoms with Gasteiger partial charge in [0.2, 0.25) is 11.8 Å². The molecule has 1 N–H and O–H groups in total. The number of carbonyl (C=O) groups excluding carboxylic acids is 2. The average molecular weight is 489 g/mol. The van der Waals surface area contributed by atoms with Gasteiger partial charge < -0.3 is 10.2 Å². The topological polar surface area (TPSA) is 49.4 Å². The fourth-order valence-electron chi connectivity index (χ4n) is 3.97. The number of benzene rings is 3. The van der Waals surface area contributed by atoms with Gasteiger partial charge in [0.05, 0.1) is 5.75 Å². The van der Waals surface area contributed by atoms with Crippen LogP contribution in [0.2, 0.25) is 0 Å². The third kappa shape index (κ3) is 8.59. The third-order valence-electron chi connectivity index (χ3n) is 5.75. The summed E-state index contributed by atoms with van der Waals surface area (Å²) in [5, 5.41) is 3.04. The Bertz CT molecular complexity index is 1100. The van der Waals surface area contributed by atoms with Crippen LogP contribution >= 0.6 is 11.8 Å². The van der Waals surface area contributed by atoms with Gasteiger partial charge in [0, 0.05) is 24.8 Å². The fraction of sp³-hybridized carbons (Fsp3) is 0.333. The van der Waals surface area contributed by atoms with Crippen molar-refractivity contribution in [2.75, 3.05) is 5.75 Å². The number of rotatable bonds is 11. The van der Waals surface area contributed by atoms with Crippen LogP contribution in [0.5, 0.6) is 0 Å². The molecule has 0 saturated heterocycles. The predicted octanol–water partition coefficient (Wildman–Crippen LogP) is 5.70. The van der Waals surface area contributed by atoms with Crippen LogP contribution in [0.25, 0.3) is 0 Å². The molecule has 0 radical (unpaired) electrons. The SMILES string of the molecule is Cc1ccc(CSCC(=O)N(Cc2cccc(C)c2)[C@H](Cc2ccccc2)C(=O)NC(C)C)cc1. The van der Waals surface area contributed by atoms with Crippen LogP contribution < -0.4 is 5.32 Å². The van der Waals surface area contributed by atoms with Gasteiger partial charge in [0.1, 0.15) is 6.04 Å². The lowest BCUT2D eigenvalue weighted by Gasteiger charge is -2.32. The highest BCUT2D eigenvalue weighted by Gasteiger charge is 2.30. The molecule has 0 saturated carbocycles. The van der Waals surface area contributed by atoms with Gasteiger partial charge in [0.25, 0.3) is 0 Å². The number of nitrogens with one attached hydrogen (secondary N) is 1. The molecular weight excluding hydrogens is 452 g/mol. The standard InChI is InChI=1S/C30H36N2O2S/c1-22(2)31-30(34)28(18-25-10-6-5-7-11-25)32(19-27-12-8-9-24(4)17-27)29(33)21-35-20-26-15-13-23(3)14-16-26/h5-17,22,28H,18-21H2,1-4H3,(H,31,34)/t28-/m1/s1. The zero-order valence-corrected chi connectivity index (χ0v) is 22.0. The van der Waals surface area contributed by atoms with Gasteiger partial charge in [-0.1, -0.05) is 90.0 Å². The first kappa shape index (κ1) is 26.6. The number of nitrogens with zero attached hydrogens (tertiary/aromatic N) is 1. The van der Waals surface area contributed by atoms with E-state index in [4.69, 9.17) is 0 Å². The summed E-state index contributed by atoms with van der Waals surface area (Å²) in [6, 6.07) is 25.9. The summed E-state index contributed by atoms with van der Waals surface area (Å²) in [6.07, 6.45) is 0.472. The molecule has 3 rings (SSSR count). The first-order valence-electron chi connectivity index (χ1n) is 12.1. The van der Waals surface area contributed by atoms with Gasteiger partial charge in [-0.3, -0.25) is 9.59 Å². The second-order valence-electron chi connectivity index (χ2n) is 9.36. The second-order valence-corrected chi connectivity index (χ2v) is 10.3. The molecule has 3 aromatic rings. The van der Waals surface area contributed by atoms with Crippen LogP contribution in [-0.2, 0) is 28.3 Å².